The molecule has 2 N–H and O–H groups in total. The Morgan fingerprint density at radius 2 is 2.30 bits per heavy atom. The first-order chi connectivity index (χ1) is 11.1. The van der Waals surface area contributed by atoms with E-state index in [1.165, 1.54) is 0 Å². The zero-order valence-corrected chi connectivity index (χ0v) is 13.8. The Hall–Kier alpha value is -2.15. The molecular weight excluding hydrogens is 294 g/mol. The van der Waals surface area contributed by atoms with Gasteiger partial charge in [-0.1, -0.05) is 6.07 Å². The molecule has 1 saturated heterocycles. The van der Waals surface area contributed by atoms with Gasteiger partial charge in [-0.2, -0.15) is 0 Å². The predicted molar refractivity (Wildman–Crippen MR) is 89.0 cm³/mol. The first-order valence-corrected chi connectivity index (χ1v) is 7.85. The van der Waals surface area contributed by atoms with Crippen LogP contribution >= 0.6 is 0 Å². The van der Waals surface area contributed by atoms with Gasteiger partial charge in [0.2, 0.25) is 5.91 Å². The monoisotopic (exact) mass is 319 g/mol. The number of guanidine groups is 1. The molecule has 0 aromatic carbocycles. The number of aromatic nitrogens is 1. The summed E-state index contributed by atoms with van der Waals surface area (Å²) in [6.07, 6.45) is 2.80. The SMILES string of the molecule is CN(C)C(=O)CNC(=NCc1ccccn1)NCC1CCOC1. The highest BCUT2D eigenvalue weighted by Gasteiger charge is 2.16. The van der Waals surface area contributed by atoms with Crippen LogP contribution in [0.25, 0.3) is 0 Å². The Kier molecular flexibility index (Phi) is 6.80. The Balaban J connectivity index is 1.90. The fraction of sp³-hybridized carbons (Fsp3) is 0.562. The molecule has 1 fully saturated rings. The second kappa shape index (κ2) is 9.09. The summed E-state index contributed by atoms with van der Waals surface area (Å²) in [4.78, 5) is 22.0. The lowest BCUT2D eigenvalue weighted by Crippen LogP contribution is -2.44. The van der Waals surface area contributed by atoms with E-state index >= 15 is 0 Å². The molecular formula is C16H25N5O2. The third kappa shape index (κ3) is 6.23. The molecule has 1 aliphatic rings. The Morgan fingerprint density at radius 1 is 1.43 bits per heavy atom. The highest BCUT2D eigenvalue weighted by atomic mass is 16.5. The molecule has 1 aliphatic heterocycles. The lowest BCUT2D eigenvalue weighted by atomic mass is 10.1. The smallest absolute Gasteiger partial charge is 0.241 e. The number of likely N-dealkylation sites (N-methyl/N-ethyl adjacent to an activating group) is 1. The van der Waals surface area contributed by atoms with Crippen molar-refractivity contribution >= 4 is 11.9 Å². The lowest BCUT2D eigenvalue weighted by Gasteiger charge is -2.16. The van der Waals surface area contributed by atoms with E-state index in [1.54, 1.807) is 25.2 Å². The number of pyridine rings is 1. The number of nitrogens with one attached hydrogen (secondary N) is 2. The van der Waals surface area contributed by atoms with Gasteiger partial charge in [0, 0.05) is 39.4 Å². The molecule has 2 heterocycles. The summed E-state index contributed by atoms with van der Waals surface area (Å²) in [5.41, 5.74) is 0.886. The fourth-order valence-electron chi connectivity index (χ4n) is 2.13. The zero-order chi connectivity index (χ0) is 16.5. The van der Waals surface area contributed by atoms with Gasteiger partial charge in [-0.05, 0) is 18.6 Å². The van der Waals surface area contributed by atoms with E-state index < -0.39 is 0 Å². The summed E-state index contributed by atoms with van der Waals surface area (Å²) < 4.78 is 5.38. The summed E-state index contributed by atoms with van der Waals surface area (Å²) in [6.45, 7) is 3.05. The number of hydrogen-bond acceptors (Lipinski definition) is 4. The molecule has 0 bridgehead atoms. The van der Waals surface area contributed by atoms with Gasteiger partial charge in [0.15, 0.2) is 5.96 Å². The lowest BCUT2D eigenvalue weighted by molar-refractivity contribution is -0.127. The van der Waals surface area contributed by atoms with Crippen molar-refractivity contribution in [2.45, 2.75) is 13.0 Å². The normalized spacial score (nSPS) is 17.8. The predicted octanol–water partition coefficient (Wildman–Crippen LogP) is 0.242. The Labute approximate surface area is 137 Å². The largest absolute Gasteiger partial charge is 0.381 e. The highest BCUT2D eigenvalue weighted by Crippen LogP contribution is 2.10. The van der Waals surface area contributed by atoms with Crippen LogP contribution < -0.4 is 10.6 Å². The molecule has 0 saturated carbocycles. The number of hydrogen-bond donors (Lipinski definition) is 2. The number of carbonyl (C=O) groups excluding carboxylic acids is 1. The Morgan fingerprint density at radius 3 is 2.96 bits per heavy atom. The van der Waals surface area contributed by atoms with Crippen molar-refractivity contribution in [1.82, 2.24) is 20.5 Å². The molecule has 126 valence electrons. The molecule has 2 rings (SSSR count). The standard InChI is InChI=1S/C16H25N5O2/c1-21(2)15(22)11-20-16(18-9-13-6-8-23-12-13)19-10-14-5-3-4-7-17-14/h3-5,7,13H,6,8-12H2,1-2H3,(H2,18,19,20). The van der Waals surface area contributed by atoms with E-state index in [0.717, 1.165) is 31.9 Å². The molecule has 1 aromatic heterocycles. The minimum absolute atomic E-state index is 0.00142. The molecule has 1 amide bonds. The van der Waals surface area contributed by atoms with E-state index in [9.17, 15) is 4.79 Å². The summed E-state index contributed by atoms with van der Waals surface area (Å²) >= 11 is 0. The zero-order valence-electron chi connectivity index (χ0n) is 13.8. The first-order valence-electron chi connectivity index (χ1n) is 7.85. The van der Waals surface area contributed by atoms with Crippen LogP contribution in [0.4, 0.5) is 0 Å². The first kappa shape index (κ1) is 17.2. The fourth-order valence-corrected chi connectivity index (χ4v) is 2.13. The van der Waals surface area contributed by atoms with Gasteiger partial charge in [0.1, 0.15) is 0 Å². The molecule has 23 heavy (non-hydrogen) atoms. The molecule has 7 heteroatoms. The number of nitrogens with zero attached hydrogens (tertiary/aromatic N) is 3. The number of ether oxygens (including phenoxy) is 1. The maximum absolute atomic E-state index is 11.7. The summed E-state index contributed by atoms with van der Waals surface area (Å²) in [5.74, 6) is 1.11. The van der Waals surface area contributed by atoms with E-state index in [2.05, 4.69) is 20.6 Å². The van der Waals surface area contributed by atoms with Gasteiger partial charge in [0.05, 0.1) is 25.4 Å². The van der Waals surface area contributed by atoms with Crippen LogP contribution in [0.15, 0.2) is 29.4 Å². The van der Waals surface area contributed by atoms with Crippen molar-refractivity contribution in [2.75, 3.05) is 40.4 Å². The topological polar surface area (TPSA) is 78.9 Å². The van der Waals surface area contributed by atoms with Crippen molar-refractivity contribution < 1.29 is 9.53 Å². The average molecular weight is 319 g/mol. The molecule has 1 aromatic rings. The van der Waals surface area contributed by atoms with Gasteiger partial charge < -0.3 is 20.3 Å². The number of rotatable bonds is 6. The van der Waals surface area contributed by atoms with Crippen LogP contribution in [0.2, 0.25) is 0 Å². The summed E-state index contributed by atoms with van der Waals surface area (Å²) in [7, 11) is 3.47. The van der Waals surface area contributed by atoms with E-state index in [0.29, 0.717) is 18.4 Å². The van der Waals surface area contributed by atoms with Crippen LogP contribution in [0.1, 0.15) is 12.1 Å². The number of amides is 1. The van der Waals surface area contributed by atoms with Gasteiger partial charge in [-0.3, -0.25) is 9.78 Å². The highest BCUT2D eigenvalue weighted by molar-refractivity contribution is 5.86. The van der Waals surface area contributed by atoms with Crippen LogP contribution in [0.5, 0.6) is 0 Å². The third-order valence-corrected chi connectivity index (χ3v) is 3.61. The van der Waals surface area contributed by atoms with Crippen LogP contribution in [0, 0.1) is 5.92 Å². The minimum atomic E-state index is 0.00142. The van der Waals surface area contributed by atoms with E-state index in [1.807, 2.05) is 18.2 Å². The average Bonchev–Trinajstić information content (AvgIpc) is 3.08. The Bertz CT molecular complexity index is 512. The third-order valence-electron chi connectivity index (χ3n) is 3.61. The number of carbonyl (C=O) groups is 1. The second-order valence-electron chi connectivity index (χ2n) is 5.74. The molecule has 0 radical (unpaired) electrons. The molecule has 7 nitrogen and oxygen atoms in total. The van der Waals surface area contributed by atoms with Crippen LogP contribution in [-0.4, -0.2) is 62.1 Å². The molecule has 0 aliphatic carbocycles. The van der Waals surface area contributed by atoms with E-state index in [4.69, 9.17) is 4.74 Å². The van der Waals surface area contributed by atoms with Crippen molar-refractivity contribution in [1.29, 1.82) is 0 Å². The second-order valence-corrected chi connectivity index (χ2v) is 5.74. The van der Waals surface area contributed by atoms with Gasteiger partial charge in [0.25, 0.3) is 0 Å². The maximum atomic E-state index is 11.7. The molecule has 0 spiro atoms. The van der Waals surface area contributed by atoms with E-state index in [-0.39, 0.29) is 12.5 Å². The minimum Gasteiger partial charge on any atom is -0.381 e. The summed E-state index contributed by atoms with van der Waals surface area (Å²) in [5, 5.41) is 6.36. The van der Waals surface area contributed by atoms with Crippen molar-refractivity contribution in [3.8, 4) is 0 Å². The van der Waals surface area contributed by atoms with Gasteiger partial charge in [-0.25, -0.2) is 4.99 Å². The van der Waals surface area contributed by atoms with Crippen molar-refractivity contribution in [2.24, 2.45) is 10.9 Å². The summed E-state index contributed by atoms with van der Waals surface area (Å²) in [6, 6.07) is 5.74. The maximum Gasteiger partial charge on any atom is 0.241 e. The molecule has 1 unspecified atom stereocenters. The van der Waals surface area contributed by atoms with Crippen LogP contribution in [-0.2, 0) is 16.1 Å². The van der Waals surface area contributed by atoms with Gasteiger partial charge in [-0.15, -0.1) is 0 Å². The van der Waals surface area contributed by atoms with Gasteiger partial charge >= 0.3 is 0 Å². The van der Waals surface area contributed by atoms with Crippen molar-refractivity contribution in [3.05, 3.63) is 30.1 Å². The molecule has 1 atom stereocenters. The number of aliphatic imine (C=N–C) groups is 1. The van der Waals surface area contributed by atoms with Crippen molar-refractivity contribution in [3.63, 3.8) is 0 Å². The van der Waals surface area contributed by atoms with Crippen LogP contribution in [0.3, 0.4) is 0 Å². The quantitative estimate of drug-likeness (QED) is 0.580.